The van der Waals surface area contributed by atoms with Crippen molar-refractivity contribution in [3.05, 3.63) is 77.4 Å². The molecule has 3 rings (SSSR count). The Hall–Kier alpha value is -3.74. The van der Waals surface area contributed by atoms with Crippen LogP contribution in [0.2, 0.25) is 0 Å². The lowest BCUT2D eigenvalue weighted by Gasteiger charge is -2.10. The minimum Gasteiger partial charge on any atom is -0.452 e. The number of aryl methyl sites for hydroxylation is 1. The number of carbonyl (C=O) groups excluding carboxylic acids is 4. The highest BCUT2D eigenvalue weighted by Crippen LogP contribution is 2.24. The molecule has 0 fully saturated rings. The molecular weight excluding hydrogens is 372 g/mol. The Kier molecular flexibility index (Phi) is 5.87. The second-order valence-corrected chi connectivity index (χ2v) is 6.40. The monoisotopic (exact) mass is 392 g/mol. The Bertz CT molecular complexity index is 1010. The van der Waals surface area contributed by atoms with Gasteiger partial charge in [-0.2, -0.15) is 0 Å². The number of para-hydroxylation sites is 1. The van der Waals surface area contributed by atoms with E-state index in [2.05, 4.69) is 11.9 Å². The van der Waals surface area contributed by atoms with E-state index in [-0.39, 0.29) is 23.2 Å². The summed E-state index contributed by atoms with van der Waals surface area (Å²) >= 11 is 0. The molecule has 2 aromatic rings. The lowest BCUT2D eigenvalue weighted by atomic mass is 10.1. The molecule has 3 amide bonds. The van der Waals surface area contributed by atoms with Crippen molar-refractivity contribution in [2.75, 3.05) is 18.5 Å². The molecule has 1 aliphatic heterocycles. The summed E-state index contributed by atoms with van der Waals surface area (Å²) in [6.45, 7) is 5.12. The Balaban J connectivity index is 1.65. The topological polar surface area (TPSA) is 92.8 Å². The number of nitrogens with one attached hydrogen (secondary N) is 1. The zero-order chi connectivity index (χ0) is 21.0. The van der Waals surface area contributed by atoms with Crippen LogP contribution < -0.4 is 5.32 Å². The number of benzene rings is 2. The molecule has 1 N–H and O–H groups in total. The minimum absolute atomic E-state index is 0.0888. The molecule has 2 aromatic carbocycles. The lowest BCUT2D eigenvalue weighted by Crippen LogP contribution is -2.29. The van der Waals surface area contributed by atoms with Gasteiger partial charge >= 0.3 is 5.97 Å². The number of amides is 3. The molecule has 0 saturated carbocycles. The maximum atomic E-state index is 12.3. The van der Waals surface area contributed by atoms with Gasteiger partial charge < -0.3 is 10.1 Å². The first-order chi connectivity index (χ1) is 14.0. The van der Waals surface area contributed by atoms with E-state index in [9.17, 15) is 19.2 Å². The number of carbonyl (C=O) groups is 4. The van der Waals surface area contributed by atoms with Crippen molar-refractivity contribution in [3.8, 4) is 0 Å². The molecular formula is C22H20N2O5. The summed E-state index contributed by atoms with van der Waals surface area (Å²) < 4.78 is 5.05. The molecule has 0 aliphatic carbocycles. The summed E-state index contributed by atoms with van der Waals surface area (Å²) in [5.74, 6) is -2.15. The van der Waals surface area contributed by atoms with Crippen molar-refractivity contribution in [1.82, 2.24) is 4.90 Å². The van der Waals surface area contributed by atoms with Crippen molar-refractivity contribution in [2.45, 2.75) is 13.3 Å². The van der Waals surface area contributed by atoms with Crippen molar-refractivity contribution >= 4 is 29.4 Å². The Morgan fingerprint density at radius 1 is 1.10 bits per heavy atom. The zero-order valence-electron chi connectivity index (χ0n) is 15.9. The molecule has 148 valence electrons. The van der Waals surface area contributed by atoms with Crippen LogP contribution in [0, 0.1) is 0 Å². The number of hydrogen-bond donors (Lipinski definition) is 1. The van der Waals surface area contributed by atoms with E-state index in [0.29, 0.717) is 5.69 Å². The number of anilines is 1. The summed E-state index contributed by atoms with van der Waals surface area (Å²) in [5, 5.41) is 2.71. The fourth-order valence-corrected chi connectivity index (χ4v) is 3.06. The standard InChI is InChI=1S/C22H20N2O5/c1-3-11-24-20(26)16-10-9-15(12-17(16)21(24)27)22(28)29-13-19(25)23-18-8-6-5-7-14(18)4-2/h3,5-10,12H,1,4,11,13H2,2H3,(H,23,25). The van der Waals surface area contributed by atoms with Crippen molar-refractivity contribution in [2.24, 2.45) is 0 Å². The quantitative estimate of drug-likeness (QED) is 0.444. The van der Waals surface area contributed by atoms with Gasteiger partial charge in [0.2, 0.25) is 0 Å². The molecule has 1 aliphatic rings. The molecule has 0 radical (unpaired) electrons. The molecule has 7 nitrogen and oxygen atoms in total. The lowest BCUT2D eigenvalue weighted by molar-refractivity contribution is -0.119. The third-order valence-electron chi connectivity index (χ3n) is 4.52. The third-order valence-corrected chi connectivity index (χ3v) is 4.52. The van der Waals surface area contributed by atoms with E-state index < -0.39 is 30.3 Å². The third kappa shape index (κ3) is 4.08. The molecule has 29 heavy (non-hydrogen) atoms. The number of esters is 1. The van der Waals surface area contributed by atoms with Crippen LogP contribution in [0.4, 0.5) is 5.69 Å². The Morgan fingerprint density at radius 3 is 2.55 bits per heavy atom. The van der Waals surface area contributed by atoms with E-state index in [1.807, 2.05) is 19.1 Å². The summed E-state index contributed by atoms with van der Waals surface area (Å²) in [5.41, 5.74) is 2.08. The van der Waals surface area contributed by atoms with Crippen LogP contribution in [-0.4, -0.2) is 41.7 Å². The number of rotatable bonds is 7. The van der Waals surface area contributed by atoms with Gasteiger partial charge in [-0.05, 0) is 36.2 Å². The van der Waals surface area contributed by atoms with E-state index >= 15 is 0 Å². The Labute approximate surface area is 168 Å². The molecule has 0 saturated heterocycles. The molecule has 0 spiro atoms. The molecule has 0 bridgehead atoms. The highest BCUT2D eigenvalue weighted by atomic mass is 16.5. The van der Waals surface area contributed by atoms with E-state index in [1.54, 1.807) is 12.1 Å². The van der Waals surface area contributed by atoms with E-state index in [1.165, 1.54) is 24.3 Å². The fourth-order valence-electron chi connectivity index (χ4n) is 3.06. The summed E-state index contributed by atoms with van der Waals surface area (Å²) in [6, 6.07) is 11.5. The van der Waals surface area contributed by atoms with Gasteiger partial charge in [0.25, 0.3) is 17.7 Å². The van der Waals surface area contributed by atoms with E-state index in [4.69, 9.17) is 4.74 Å². The number of ether oxygens (including phenoxy) is 1. The van der Waals surface area contributed by atoms with Gasteiger partial charge in [0.1, 0.15) is 0 Å². The van der Waals surface area contributed by atoms with Crippen LogP contribution in [0.3, 0.4) is 0 Å². The fraction of sp³-hybridized carbons (Fsp3) is 0.182. The highest BCUT2D eigenvalue weighted by Gasteiger charge is 2.35. The van der Waals surface area contributed by atoms with Crippen LogP contribution in [0.5, 0.6) is 0 Å². The molecule has 0 atom stereocenters. The minimum atomic E-state index is -0.755. The van der Waals surface area contributed by atoms with Gasteiger partial charge in [-0.15, -0.1) is 6.58 Å². The highest BCUT2D eigenvalue weighted by molar-refractivity contribution is 6.22. The number of fused-ring (bicyclic) bond motifs is 1. The molecule has 1 heterocycles. The van der Waals surface area contributed by atoms with Crippen LogP contribution in [0.25, 0.3) is 0 Å². The summed E-state index contributed by atoms with van der Waals surface area (Å²) in [7, 11) is 0. The molecule has 0 aromatic heterocycles. The van der Waals surface area contributed by atoms with Crippen LogP contribution in [-0.2, 0) is 16.0 Å². The maximum absolute atomic E-state index is 12.3. The van der Waals surface area contributed by atoms with Crippen LogP contribution >= 0.6 is 0 Å². The van der Waals surface area contributed by atoms with Crippen molar-refractivity contribution in [3.63, 3.8) is 0 Å². The van der Waals surface area contributed by atoms with Gasteiger partial charge in [0.05, 0.1) is 16.7 Å². The number of nitrogens with zero attached hydrogens (tertiary/aromatic N) is 1. The van der Waals surface area contributed by atoms with Gasteiger partial charge in [0, 0.05) is 12.2 Å². The second kappa shape index (κ2) is 8.52. The normalized spacial score (nSPS) is 12.5. The first kappa shape index (κ1) is 20.0. The molecule has 0 unspecified atom stereocenters. The second-order valence-electron chi connectivity index (χ2n) is 6.40. The summed E-state index contributed by atoms with van der Waals surface area (Å²) in [6.07, 6.45) is 2.20. The van der Waals surface area contributed by atoms with Crippen LogP contribution in [0.1, 0.15) is 43.6 Å². The maximum Gasteiger partial charge on any atom is 0.338 e. The predicted molar refractivity (Wildman–Crippen MR) is 107 cm³/mol. The number of imide groups is 1. The first-order valence-corrected chi connectivity index (χ1v) is 9.12. The molecule has 7 heteroatoms. The smallest absolute Gasteiger partial charge is 0.338 e. The zero-order valence-corrected chi connectivity index (χ0v) is 15.9. The largest absolute Gasteiger partial charge is 0.452 e. The van der Waals surface area contributed by atoms with Gasteiger partial charge in [0.15, 0.2) is 6.61 Å². The van der Waals surface area contributed by atoms with Crippen molar-refractivity contribution < 1.29 is 23.9 Å². The Morgan fingerprint density at radius 2 is 1.83 bits per heavy atom. The van der Waals surface area contributed by atoms with Gasteiger partial charge in [-0.25, -0.2) is 4.79 Å². The first-order valence-electron chi connectivity index (χ1n) is 9.12. The average molecular weight is 392 g/mol. The average Bonchev–Trinajstić information content (AvgIpc) is 2.97. The predicted octanol–water partition coefficient (Wildman–Crippen LogP) is 2.83. The van der Waals surface area contributed by atoms with E-state index in [0.717, 1.165) is 16.9 Å². The number of hydrogen-bond acceptors (Lipinski definition) is 5. The SMILES string of the molecule is C=CCN1C(=O)c2ccc(C(=O)OCC(=O)Nc3ccccc3CC)cc2C1=O. The van der Waals surface area contributed by atoms with Gasteiger partial charge in [-0.3, -0.25) is 19.3 Å². The van der Waals surface area contributed by atoms with Crippen LogP contribution in [0.15, 0.2) is 55.1 Å². The van der Waals surface area contributed by atoms with Gasteiger partial charge in [-0.1, -0.05) is 31.2 Å². The van der Waals surface area contributed by atoms with Crippen molar-refractivity contribution in [1.29, 1.82) is 0 Å². The summed E-state index contributed by atoms with van der Waals surface area (Å²) in [4.78, 5) is 50.0.